The summed E-state index contributed by atoms with van der Waals surface area (Å²) < 4.78 is 29.0. The number of aromatic nitrogens is 1. The first-order valence-corrected chi connectivity index (χ1v) is 8.64. The fourth-order valence-electron chi connectivity index (χ4n) is 2.68. The van der Waals surface area contributed by atoms with Crippen molar-refractivity contribution >= 4 is 23.1 Å². The van der Waals surface area contributed by atoms with E-state index in [1.165, 1.54) is 51.8 Å². The highest BCUT2D eigenvalue weighted by Crippen LogP contribution is 2.40. The predicted molar refractivity (Wildman–Crippen MR) is 108 cm³/mol. The Morgan fingerprint density at radius 1 is 0.897 bits per heavy atom. The second-order valence-electron chi connectivity index (χ2n) is 5.93. The van der Waals surface area contributed by atoms with E-state index in [1.54, 1.807) is 24.3 Å². The molecule has 2 N–H and O–H groups in total. The number of pyridine rings is 1. The molecule has 29 heavy (non-hydrogen) atoms. The summed E-state index contributed by atoms with van der Waals surface area (Å²) >= 11 is 0. The van der Waals surface area contributed by atoms with Crippen molar-refractivity contribution in [2.24, 2.45) is 0 Å². The van der Waals surface area contributed by atoms with E-state index in [4.69, 9.17) is 14.2 Å². The van der Waals surface area contributed by atoms with E-state index in [-0.39, 0.29) is 11.7 Å². The van der Waals surface area contributed by atoms with Crippen LogP contribution in [-0.2, 0) is 0 Å². The van der Waals surface area contributed by atoms with Crippen LogP contribution in [0.4, 0.5) is 21.6 Å². The zero-order valence-electron chi connectivity index (χ0n) is 16.2. The van der Waals surface area contributed by atoms with Crippen molar-refractivity contribution in [1.82, 2.24) is 4.98 Å². The van der Waals surface area contributed by atoms with Crippen LogP contribution in [-0.4, -0.2) is 32.2 Å². The third kappa shape index (κ3) is 4.73. The summed E-state index contributed by atoms with van der Waals surface area (Å²) in [5, 5.41) is 5.83. The van der Waals surface area contributed by atoms with E-state index in [9.17, 15) is 9.18 Å². The van der Waals surface area contributed by atoms with Crippen LogP contribution in [0.3, 0.4) is 0 Å². The molecule has 7 nitrogen and oxygen atoms in total. The Kier molecular flexibility index (Phi) is 6.13. The number of rotatable bonds is 7. The largest absolute Gasteiger partial charge is 0.493 e. The molecule has 0 saturated heterocycles. The molecule has 1 amide bonds. The number of amides is 1. The van der Waals surface area contributed by atoms with Crippen molar-refractivity contribution in [3.8, 4) is 17.2 Å². The van der Waals surface area contributed by atoms with Gasteiger partial charge >= 0.3 is 0 Å². The predicted octanol–water partition coefficient (Wildman–Crippen LogP) is 4.24. The Morgan fingerprint density at radius 3 is 2.14 bits per heavy atom. The highest BCUT2D eigenvalue weighted by atomic mass is 19.1. The summed E-state index contributed by atoms with van der Waals surface area (Å²) in [5.41, 5.74) is 1.52. The van der Waals surface area contributed by atoms with Crippen molar-refractivity contribution in [3.63, 3.8) is 0 Å². The molecular weight excluding hydrogens is 377 g/mol. The second kappa shape index (κ2) is 8.92. The van der Waals surface area contributed by atoms with Gasteiger partial charge in [-0.1, -0.05) is 0 Å². The van der Waals surface area contributed by atoms with Crippen LogP contribution in [0.5, 0.6) is 17.2 Å². The van der Waals surface area contributed by atoms with Gasteiger partial charge in [0.15, 0.2) is 11.5 Å². The minimum atomic E-state index is -0.372. The number of carbonyl (C=O) groups excluding carboxylic acids is 1. The van der Waals surface area contributed by atoms with E-state index in [1.807, 2.05) is 0 Å². The number of carbonyl (C=O) groups is 1. The van der Waals surface area contributed by atoms with Gasteiger partial charge in [-0.3, -0.25) is 4.79 Å². The molecule has 0 radical (unpaired) electrons. The molecule has 1 heterocycles. The lowest BCUT2D eigenvalue weighted by molar-refractivity contribution is 0.102. The van der Waals surface area contributed by atoms with Crippen molar-refractivity contribution in [2.75, 3.05) is 32.0 Å². The lowest BCUT2D eigenvalue weighted by Crippen LogP contribution is -2.12. The Labute approximate surface area is 167 Å². The minimum Gasteiger partial charge on any atom is -0.493 e. The van der Waals surface area contributed by atoms with Crippen LogP contribution >= 0.6 is 0 Å². The summed E-state index contributed by atoms with van der Waals surface area (Å²) in [5.74, 6) is 1.18. The maximum absolute atomic E-state index is 13.0. The first-order chi connectivity index (χ1) is 14.0. The van der Waals surface area contributed by atoms with E-state index < -0.39 is 0 Å². The molecule has 0 fully saturated rings. The maximum Gasteiger partial charge on any atom is 0.255 e. The second-order valence-corrected chi connectivity index (χ2v) is 5.93. The third-order valence-corrected chi connectivity index (χ3v) is 4.06. The van der Waals surface area contributed by atoms with E-state index >= 15 is 0 Å². The van der Waals surface area contributed by atoms with Gasteiger partial charge in [-0.15, -0.1) is 0 Å². The fraction of sp³-hybridized carbons (Fsp3) is 0.143. The summed E-state index contributed by atoms with van der Waals surface area (Å²) in [6.45, 7) is 0. The molecule has 2 aromatic carbocycles. The topological polar surface area (TPSA) is 81.7 Å². The number of nitrogens with zero attached hydrogens (tertiary/aromatic N) is 1. The molecule has 150 valence electrons. The van der Waals surface area contributed by atoms with E-state index in [0.717, 1.165) is 0 Å². The lowest BCUT2D eigenvalue weighted by atomic mass is 10.2. The van der Waals surface area contributed by atoms with Crippen LogP contribution in [0.15, 0.2) is 54.7 Å². The van der Waals surface area contributed by atoms with Gasteiger partial charge < -0.3 is 24.8 Å². The minimum absolute atomic E-state index is 0.341. The summed E-state index contributed by atoms with van der Waals surface area (Å²) in [7, 11) is 4.58. The van der Waals surface area contributed by atoms with Gasteiger partial charge in [0.25, 0.3) is 5.91 Å². The Hall–Kier alpha value is -3.81. The third-order valence-electron chi connectivity index (χ3n) is 4.06. The van der Waals surface area contributed by atoms with Gasteiger partial charge in [-0.05, 0) is 36.4 Å². The fourth-order valence-corrected chi connectivity index (χ4v) is 2.68. The Morgan fingerprint density at radius 2 is 1.55 bits per heavy atom. The van der Waals surface area contributed by atoms with Gasteiger partial charge in [0.1, 0.15) is 11.6 Å². The van der Waals surface area contributed by atoms with Crippen molar-refractivity contribution in [3.05, 3.63) is 66.1 Å². The van der Waals surface area contributed by atoms with Gasteiger partial charge in [-0.25, -0.2) is 9.37 Å². The standard InChI is InChI=1S/C21H20FN3O4/c1-27-17-11-16(12-18(28-2)20(17)29-3)24-19-10-13(8-9-23-19)21(26)25-15-6-4-14(22)5-7-15/h4-12H,1-3H3,(H,23,24)(H,25,26). The summed E-state index contributed by atoms with van der Waals surface area (Å²) in [4.78, 5) is 16.7. The zero-order chi connectivity index (χ0) is 20.8. The van der Waals surface area contributed by atoms with E-state index in [0.29, 0.717) is 40.0 Å². The molecule has 0 unspecified atom stereocenters. The highest BCUT2D eigenvalue weighted by Gasteiger charge is 2.14. The number of ether oxygens (including phenoxy) is 3. The lowest BCUT2D eigenvalue weighted by Gasteiger charge is -2.15. The molecule has 0 aliphatic rings. The molecular formula is C21H20FN3O4. The molecule has 0 aliphatic heterocycles. The van der Waals surface area contributed by atoms with Crippen LogP contribution in [0.25, 0.3) is 0 Å². The monoisotopic (exact) mass is 397 g/mol. The molecule has 0 atom stereocenters. The first-order valence-electron chi connectivity index (χ1n) is 8.64. The Bertz CT molecular complexity index is 984. The van der Waals surface area contributed by atoms with Crippen molar-refractivity contribution < 1.29 is 23.4 Å². The van der Waals surface area contributed by atoms with Crippen molar-refractivity contribution in [2.45, 2.75) is 0 Å². The summed E-state index contributed by atoms with van der Waals surface area (Å²) in [6.07, 6.45) is 1.51. The molecule has 8 heteroatoms. The molecule has 3 rings (SSSR count). The quantitative estimate of drug-likeness (QED) is 0.621. The normalized spacial score (nSPS) is 10.2. The number of nitrogens with one attached hydrogen (secondary N) is 2. The molecule has 0 aliphatic carbocycles. The SMILES string of the molecule is COc1cc(Nc2cc(C(=O)Nc3ccc(F)cc3)ccn2)cc(OC)c1OC. The van der Waals surface area contributed by atoms with E-state index in [2.05, 4.69) is 15.6 Å². The molecule has 1 aromatic heterocycles. The number of hydrogen-bond acceptors (Lipinski definition) is 6. The van der Waals surface area contributed by atoms with Crippen LogP contribution in [0, 0.1) is 5.82 Å². The number of anilines is 3. The molecule has 0 saturated carbocycles. The van der Waals surface area contributed by atoms with Crippen molar-refractivity contribution in [1.29, 1.82) is 0 Å². The Balaban J connectivity index is 1.81. The van der Waals surface area contributed by atoms with Gasteiger partial charge in [-0.2, -0.15) is 0 Å². The van der Waals surface area contributed by atoms with Gasteiger partial charge in [0, 0.05) is 35.3 Å². The molecule has 3 aromatic rings. The highest BCUT2D eigenvalue weighted by molar-refractivity contribution is 6.04. The van der Waals surface area contributed by atoms with Gasteiger partial charge in [0.05, 0.1) is 21.3 Å². The van der Waals surface area contributed by atoms with Gasteiger partial charge in [0.2, 0.25) is 5.75 Å². The molecule has 0 bridgehead atoms. The maximum atomic E-state index is 13.0. The number of halogens is 1. The first kappa shape index (κ1) is 19.9. The van der Waals surface area contributed by atoms with Crippen LogP contribution in [0.1, 0.15) is 10.4 Å². The van der Waals surface area contributed by atoms with Crippen LogP contribution < -0.4 is 24.8 Å². The number of benzene rings is 2. The number of hydrogen-bond donors (Lipinski definition) is 2. The average Bonchev–Trinajstić information content (AvgIpc) is 2.74. The summed E-state index contributed by atoms with van der Waals surface area (Å²) in [6, 6.07) is 12.2. The number of methoxy groups -OCH3 is 3. The molecule has 0 spiro atoms. The smallest absolute Gasteiger partial charge is 0.255 e. The van der Waals surface area contributed by atoms with Crippen LogP contribution in [0.2, 0.25) is 0 Å². The average molecular weight is 397 g/mol. The zero-order valence-corrected chi connectivity index (χ0v) is 16.2.